The van der Waals surface area contributed by atoms with E-state index in [-0.39, 0.29) is 28.9 Å². The summed E-state index contributed by atoms with van der Waals surface area (Å²) in [5.41, 5.74) is 1.46. The molecule has 0 aromatic heterocycles. The molecule has 1 aromatic carbocycles. The number of halogens is 1. The van der Waals surface area contributed by atoms with Crippen LogP contribution in [0.25, 0.3) is 0 Å². The van der Waals surface area contributed by atoms with E-state index in [0.717, 1.165) is 0 Å². The van der Waals surface area contributed by atoms with Gasteiger partial charge in [0.15, 0.2) is 0 Å². The number of nitrogens with one attached hydrogen (secondary N) is 1. The third kappa shape index (κ3) is 3.02. The number of rotatable bonds is 4. The minimum Gasteiger partial charge on any atom is -0.319 e. The van der Waals surface area contributed by atoms with Gasteiger partial charge in [0.1, 0.15) is 0 Å². The first-order chi connectivity index (χ1) is 8.65. The van der Waals surface area contributed by atoms with Crippen molar-refractivity contribution in [3.63, 3.8) is 0 Å². The minimum absolute atomic E-state index is 0. The molecule has 1 aliphatic rings. The summed E-state index contributed by atoms with van der Waals surface area (Å²) in [6, 6.07) is 4.88. The standard InChI is InChI=1S/C12H15N3O3.ClH/c1-13-7-5-12(16)14-8-6-9-10(14)3-2-4-11(9)15(17)18;/h2-4,13H,5-8H2,1H3;1H. The molecule has 7 heteroatoms. The van der Waals surface area contributed by atoms with E-state index < -0.39 is 0 Å². The van der Waals surface area contributed by atoms with Crippen LogP contribution in [0.15, 0.2) is 18.2 Å². The molecule has 1 aromatic rings. The van der Waals surface area contributed by atoms with Crippen LogP contribution in [0, 0.1) is 10.1 Å². The molecule has 2 rings (SSSR count). The van der Waals surface area contributed by atoms with E-state index in [9.17, 15) is 14.9 Å². The Labute approximate surface area is 117 Å². The first-order valence-electron chi connectivity index (χ1n) is 5.86. The predicted octanol–water partition coefficient (Wildman–Crippen LogP) is 1.52. The Morgan fingerprint density at radius 2 is 2.26 bits per heavy atom. The van der Waals surface area contributed by atoms with E-state index in [2.05, 4.69) is 5.32 Å². The van der Waals surface area contributed by atoms with Crippen LogP contribution in [0.1, 0.15) is 12.0 Å². The van der Waals surface area contributed by atoms with E-state index in [1.54, 1.807) is 24.1 Å². The van der Waals surface area contributed by atoms with Gasteiger partial charge in [0.05, 0.1) is 16.2 Å². The number of hydrogen-bond acceptors (Lipinski definition) is 4. The molecule has 1 amide bonds. The molecule has 0 bridgehead atoms. The van der Waals surface area contributed by atoms with E-state index in [4.69, 9.17) is 0 Å². The SMILES string of the molecule is CNCCC(=O)N1CCc2c1cccc2[N+](=O)[O-].Cl. The van der Waals surface area contributed by atoms with Crippen LogP contribution in [0.5, 0.6) is 0 Å². The molecule has 1 N–H and O–H groups in total. The lowest BCUT2D eigenvalue weighted by atomic mass is 10.1. The van der Waals surface area contributed by atoms with Gasteiger partial charge in [0.2, 0.25) is 5.91 Å². The van der Waals surface area contributed by atoms with Gasteiger partial charge < -0.3 is 10.2 Å². The molecule has 1 aliphatic heterocycles. The Kier molecular flexibility index (Phi) is 5.26. The summed E-state index contributed by atoms with van der Waals surface area (Å²) in [6.45, 7) is 1.14. The zero-order chi connectivity index (χ0) is 13.1. The maximum absolute atomic E-state index is 12.0. The highest BCUT2D eigenvalue weighted by Gasteiger charge is 2.29. The van der Waals surface area contributed by atoms with Crippen LogP contribution in [0.2, 0.25) is 0 Å². The largest absolute Gasteiger partial charge is 0.319 e. The van der Waals surface area contributed by atoms with E-state index >= 15 is 0 Å². The van der Waals surface area contributed by atoms with Crippen LogP contribution >= 0.6 is 12.4 Å². The zero-order valence-corrected chi connectivity index (χ0v) is 11.4. The summed E-state index contributed by atoms with van der Waals surface area (Å²) >= 11 is 0. The second-order valence-corrected chi connectivity index (χ2v) is 4.18. The fraction of sp³-hybridized carbons (Fsp3) is 0.417. The van der Waals surface area contributed by atoms with Gasteiger partial charge in [-0.15, -0.1) is 12.4 Å². The number of anilines is 1. The quantitative estimate of drug-likeness (QED) is 0.672. The molecule has 1 heterocycles. The van der Waals surface area contributed by atoms with Crippen molar-refractivity contribution in [1.29, 1.82) is 0 Å². The monoisotopic (exact) mass is 285 g/mol. The van der Waals surface area contributed by atoms with Crippen molar-refractivity contribution < 1.29 is 9.72 Å². The number of fused-ring (bicyclic) bond motifs is 1. The third-order valence-corrected chi connectivity index (χ3v) is 3.09. The van der Waals surface area contributed by atoms with Crippen LogP contribution < -0.4 is 10.2 Å². The number of amides is 1. The number of carbonyl (C=O) groups excluding carboxylic acids is 1. The summed E-state index contributed by atoms with van der Waals surface area (Å²) < 4.78 is 0. The summed E-state index contributed by atoms with van der Waals surface area (Å²) in [6.07, 6.45) is 0.955. The van der Waals surface area contributed by atoms with Crippen LogP contribution in [-0.4, -0.2) is 31.0 Å². The van der Waals surface area contributed by atoms with Crippen molar-refractivity contribution in [2.24, 2.45) is 0 Å². The van der Waals surface area contributed by atoms with E-state index in [0.29, 0.717) is 37.2 Å². The summed E-state index contributed by atoms with van der Waals surface area (Å²) in [5.74, 6) is 0.00333. The van der Waals surface area contributed by atoms with Gasteiger partial charge in [-0.25, -0.2) is 0 Å². The first-order valence-corrected chi connectivity index (χ1v) is 5.86. The Morgan fingerprint density at radius 1 is 1.53 bits per heavy atom. The molecule has 6 nitrogen and oxygen atoms in total. The zero-order valence-electron chi connectivity index (χ0n) is 10.6. The van der Waals surface area contributed by atoms with Crippen LogP contribution in [0.4, 0.5) is 11.4 Å². The molecule has 0 atom stereocenters. The van der Waals surface area contributed by atoms with Gasteiger partial charge in [-0.1, -0.05) is 6.07 Å². The Bertz CT molecular complexity index is 493. The highest BCUT2D eigenvalue weighted by molar-refractivity contribution is 5.96. The number of hydrogen-bond donors (Lipinski definition) is 1. The number of nitro benzene ring substituents is 1. The Hall–Kier alpha value is -1.66. The molecule has 104 valence electrons. The van der Waals surface area contributed by atoms with Crippen LogP contribution in [-0.2, 0) is 11.2 Å². The number of benzene rings is 1. The van der Waals surface area contributed by atoms with E-state index in [1.165, 1.54) is 6.07 Å². The third-order valence-electron chi connectivity index (χ3n) is 3.09. The van der Waals surface area contributed by atoms with Crippen molar-refractivity contribution >= 4 is 29.7 Å². The summed E-state index contributed by atoms with van der Waals surface area (Å²) in [7, 11) is 1.79. The molecule has 0 aliphatic carbocycles. The summed E-state index contributed by atoms with van der Waals surface area (Å²) in [5, 5.41) is 13.8. The fourth-order valence-electron chi connectivity index (χ4n) is 2.21. The normalized spacial score (nSPS) is 12.8. The maximum Gasteiger partial charge on any atom is 0.274 e. The second kappa shape index (κ2) is 6.49. The number of carbonyl (C=O) groups is 1. The topological polar surface area (TPSA) is 75.5 Å². The molecule has 0 saturated carbocycles. The maximum atomic E-state index is 12.0. The minimum atomic E-state index is -0.388. The lowest BCUT2D eigenvalue weighted by molar-refractivity contribution is -0.385. The van der Waals surface area contributed by atoms with Crippen molar-refractivity contribution in [2.45, 2.75) is 12.8 Å². The van der Waals surface area contributed by atoms with Crippen molar-refractivity contribution in [2.75, 3.05) is 25.0 Å². The van der Waals surface area contributed by atoms with E-state index in [1.807, 2.05) is 0 Å². The number of nitro groups is 1. The first kappa shape index (κ1) is 15.4. The molecule has 0 saturated heterocycles. The van der Waals surface area contributed by atoms with Gasteiger partial charge in [-0.05, 0) is 19.5 Å². The van der Waals surface area contributed by atoms with Crippen molar-refractivity contribution in [3.8, 4) is 0 Å². The van der Waals surface area contributed by atoms with Crippen molar-refractivity contribution in [1.82, 2.24) is 5.32 Å². The van der Waals surface area contributed by atoms with Gasteiger partial charge in [0.25, 0.3) is 5.69 Å². The predicted molar refractivity (Wildman–Crippen MR) is 74.9 cm³/mol. The lowest BCUT2D eigenvalue weighted by Gasteiger charge is -2.16. The molecule has 0 unspecified atom stereocenters. The second-order valence-electron chi connectivity index (χ2n) is 4.18. The van der Waals surface area contributed by atoms with Crippen molar-refractivity contribution in [3.05, 3.63) is 33.9 Å². The molecule has 0 fully saturated rings. The smallest absolute Gasteiger partial charge is 0.274 e. The fourth-order valence-corrected chi connectivity index (χ4v) is 2.21. The molecule has 19 heavy (non-hydrogen) atoms. The Balaban J connectivity index is 0.00000180. The lowest BCUT2D eigenvalue weighted by Crippen LogP contribution is -2.31. The summed E-state index contributed by atoms with van der Waals surface area (Å²) in [4.78, 5) is 24.1. The molecular weight excluding hydrogens is 270 g/mol. The average Bonchev–Trinajstić information content (AvgIpc) is 2.79. The van der Waals surface area contributed by atoms with Crippen LogP contribution in [0.3, 0.4) is 0 Å². The highest BCUT2D eigenvalue weighted by Crippen LogP contribution is 2.34. The van der Waals surface area contributed by atoms with Gasteiger partial charge in [-0.2, -0.15) is 0 Å². The molecule has 0 spiro atoms. The van der Waals surface area contributed by atoms with Gasteiger partial charge in [-0.3, -0.25) is 14.9 Å². The highest BCUT2D eigenvalue weighted by atomic mass is 35.5. The molecular formula is C12H16ClN3O3. The average molecular weight is 286 g/mol. The number of nitrogens with zero attached hydrogens (tertiary/aromatic N) is 2. The van der Waals surface area contributed by atoms with Gasteiger partial charge >= 0.3 is 0 Å². The Morgan fingerprint density at radius 3 is 2.89 bits per heavy atom. The van der Waals surface area contributed by atoms with Gasteiger partial charge in [0, 0.05) is 25.6 Å². The molecule has 0 radical (unpaired) electrons.